The Labute approximate surface area is 125 Å². The van der Waals surface area contributed by atoms with E-state index >= 15 is 0 Å². The molecule has 4 heteroatoms. The van der Waals surface area contributed by atoms with Crippen molar-refractivity contribution in [2.75, 3.05) is 0 Å². The van der Waals surface area contributed by atoms with Crippen LogP contribution in [-0.2, 0) is 24.5 Å². The van der Waals surface area contributed by atoms with Gasteiger partial charge >= 0.3 is 11.9 Å². The molecule has 2 rings (SSSR count). The molecule has 1 aromatic rings. The molecule has 1 saturated heterocycles. The molecule has 0 aliphatic carbocycles. The number of benzene rings is 1. The summed E-state index contributed by atoms with van der Waals surface area (Å²) in [6.07, 6.45) is 1.13. The van der Waals surface area contributed by atoms with Crippen molar-refractivity contribution in [2.45, 2.75) is 51.7 Å². The van der Waals surface area contributed by atoms with E-state index in [1.54, 1.807) is 26.0 Å². The van der Waals surface area contributed by atoms with Crippen molar-refractivity contribution in [3.05, 3.63) is 35.9 Å². The molecule has 1 aliphatic heterocycles. The van der Waals surface area contributed by atoms with Gasteiger partial charge in [-0.05, 0) is 24.3 Å². The third-order valence-corrected chi connectivity index (χ3v) is 3.74. The van der Waals surface area contributed by atoms with E-state index in [0.29, 0.717) is 17.9 Å². The van der Waals surface area contributed by atoms with Gasteiger partial charge < -0.3 is 9.47 Å². The van der Waals surface area contributed by atoms with Gasteiger partial charge in [0.05, 0.1) is 0 Å². The zero-order valence-corrected chi connectivity index (χ0v) is 13.0. The van der Waals surface area contributed by atoms with Crippen molar-refractivity contribution in [3.8, 4) is 0 Å². The Morgan fingerprint density at radius 1 is 1.00 bits per heavy atom. The number of rotatable bonds is 4. The Morgan fingerprint density at radius 2 is 1.52 bits per heavy atom. The molecule has 0 aromatic heterocycles. The SMILES string of the molecule is CC(C)CCC1(c2ccccc2)C(=O)OC(C)(C)OC1=O. The molecule has 0 bridgehead atoms. The van der Waals surface area contributed by atoms with Gasteiger partial charge in [-0.15, -0.1) is 0 Å². The highest BCUT2D eigenvalue weighted by molar-refractivity contribution is 6.07. The fourth-order valence-corrected chi connectivity index (χ4v) is 2.54. The van der Waals surface area contributed by atoms with Crippen LogP contribution in [0.3, 0.4) is 0 Å². The van der Waals surface area contributed by atoms with Gasteiger partial charge in [-0.25, -0.2) is 0 Å². The van der Waals surface area contributed by atoms with Crippen LogP contribution in [-0.4, -0.2) is 17.7 Å². The van der Waals surface area contributed by atoms with Crippen LogP contribution in [0.2, 0.25) is 0 Å². The number of hydrogen-bond acceptors (Lipinski definition) is 4. The molecule has 0 unspecified atom stereocenters. The van der Waals surface area contributed by atoms with Crippen LogP contribution in [0.15, 0.2) is 30.3 Å². The second-order valence-corrected chi connectivity index (χ2v) is 6.38. The van der Waals surface area contributed by atoms with Crippen LogP contribution in [0.5, 0.6) is 0 Å². The molecular weight excluding hydrogens is 268 g/mol. The first kappa shape index (κ1) is 15.5. The number of carbonyl (C=O) groups is 2. The lowest BCUT2D eigenvalue weighted by Crippen LogP contribution is -2.56. The van der Waals surface area contributed by atoms with E-state index in [-0.39, 0.29) is 0 Å². The third kappa shape index (κ3) is 2.94. The highest BCUT2D eigenvalue weighted by atomic mass is 16.7. The molecule has 1 aromatic carbocycles. The molecule has 21 heavy (non-hydrogen) atoms. The first-order valence-electron chi connectivity index (χ1n) is 7.30. The van der Waals surface area contributed by atoms with Crippen molar-refractivity contribution in [3.63, 3.8) is 0 Å². The number of ether oxygens (including phenoxy) is 2. The first-order chi connectivity index (χ1) is 9.78. The summed E-state index contributed by atoms with van der Waals surface area (Å²) in [5.41, 5.74) is -0.711. The molecule has 0 saturated carbocycles. The normalized spacial score (nSPS) is 20.0. The standard InChI is InChI=1S/C17H22O4/c1-12(2)10-11-17(13-8-6-5-7-9-13)14(18)20-16(3,4)21-15(17)19/h5-9,12H,10-11H2,1-4H3. The van der Waals surface area contributed by atoms with Crippen molar-refractivity contribution in [1.82, 2.24) is 0 Å². The molecule has 0 atom stereocenters. The van der Waals surface area contributed by atoms with E-state index in [9.17, 15) is 9.59 Å². The molecular formula is C17H22O4. The summed E-state index contributed by atoms with van der Waals surface area (Å²) in [4.78, 5) is 25.3. The van der Waals surface area contributed by atoms with Gasteiger partial charge in [0.15, 0.2) is 5.41 Å². The summed E-state index contributed by atoms with van der Waals surface area (Å²) in [7, 11) is 0. The Bertz CT molecular complexity index is 511. The second kappa shape index (κ2) is 5.51. The molecule has 4 nitrogen and oxygen atoms in total. The van der Waals surface area contributed by atoms with E-state index in [1.807, 2.05) is 18.2 Å². The van der Waals surface area contributed by atoms with Gasteiger partial charge in [-0.2, -0.15) is 0 Å². The lowest BCUT2D eigenvalue weighted by Gasteiger charge is -2.40. The summed E-state index contributed by atoms with van der Waals surface area (Å²) in [5, 5.41) is 0. The molecule has 0 N–H and O–H groups in total. The smallest absolute Gasteiger partial charge is 0.331 e. The van der Waals surface area contributed by atoms with E-state index in [2.05, 4.69) is 13.8 Å². The zero-order valence-electron chi connectivity index (χ0n) is 13.0. The van der Waals surface area contributed by atoms with E-state index < -0.39 is 23.1 Å². The van der Waals surface area contributed by atoms with Gasteiger partial charge in [-0.1, -0.05) is 44.2 Å². The van der Waals surface area contributed by atoms with Gasteiger partial charge in [0.25, 0.3) is 5.79 Å². The predicted octanol–water partition coefficient (Wildman–Crippen LogP) is 3.20. The van der Waals surface area contributed by atoms with Crippen LogP contribution in [0.1, 0.15) is 46.1 Å². The lowest BCUT2D eigenvalue weighted by atomic mass is 9.74. The van der Waals surface area contributed by atoms with Crippen LogP contribution < -0.4 is 0 Å². The van der Waals surface area contributed by atoms with Crippen LogP contribution >= 0.6 is 0 Å². The summed E-state index contributed by atoms with van der Waals surface area (Å²) in [6, 6.07) is 9.03. The predicted molar refractivity (Wildman–Crippen MR) is 78.5 cm³/mol. The van der Waals surface area contributed by atoms with Crippen LogP contribution in [0, 0.1) is 5.92 Å². The molecule has 0 radical (unpaired) electrons. The molecule has 0 amide bonds. The molecule has 1 heterocycles. The van der Waals surface area contributed by atoms with E-state index in [4.69, 9.17) is 9.47 Å². The van der Waals surface area contributed by atoms with Gasteiger partial charge in [0.2, 0.25) is 0 Å². The van der Waals surface area contributed by atoms with E-state index in [1.165, 1.54) is 0 Å². The van der Waals surface area contributed by atoms with Crippen LogP contribution in [0.4, 0.5) is 0 Å². The number of esters is 2. The first-order valence-corrected chi connectivity index (χ1v) is 7.30. The zero-order chi connectivity index (χ0) is 15.7. The minimum absolute atomic E-state index is 0.376. The van der Waals surface area contributed by atoms with Crippen molar-refractivity contribution >= 4 is 11.9 Å². The lowest BCUT2D eigenvalue weighted by molar-refractivity contribution is -0.244. The summed E-state index contributed by atoms with van der Waals surface area (Å²) in [6.45, 7) is 7.25. The Morgan fingerprint density at radius 3 is 2.00 bits per heavy atom. The van der Waals surface area contributed by atoms with Gasteiger partial charge in [0, 0.05) is 13.8 Å². The summed E-state index contributed by atoms with van der Waals surface area (Å²) in [5.74, 6) is -1.86. The van der Waals surface area contributed by atoms with E-state index in [0.717, 1.165) is 6.42 Å². The van der Waals surface area contributed by atoms with Crippen molar-refractivity contribution in [2.24, 2.45) is 5.92 Å². The maximum Gasteiger partial charge on any atom is 0.331 e. The van der Waals surface area contributed by atoms with Gasteiger partial charge in [-0.3, -0.25) is 9.59 Å². The summed E-state index contributed by atoms with van der Waals surface area (Å²) >= 11 is 0. The Hall–Kier alpha value is -1.84. The Kier molecular flexibility index (Phi) is 4.08. The van der Waals surface area contributed by atoms with Gasteiger partial charge in [0.1, 0.15) is 0 Å². The van der Waals surface area contributed by atoms with Crippen molar-refractivity contribution in [1.29, 1.82) is 0 Å². The number of carbonyl (C=O) groups excluding carboxylic acids is 2. The topological polar surface area (TPSA) is 52.6 Å². The average molecular weight is 290 g/mol. The summed E-state index contributed by atoms with van der Waals surface area (Å²) < 4.78 is 10.7. The highest BCUT2D eigenvalue weighted by Gasteiger charge is 2.56. The number of cyclic esters (lactones) is 2. The highest BCUT2D eigenvalue weighted by Crippen LogP contribution is 2.39. The third-order valence-electron chi connectivity index (χ3n) is 3.74. The minimum Gasteiger partial charge on any atom is -0.422 e. The van der Waals surface area contributed by atoms with Crippen LogP contribution in [0.25, 0.3) is 0 Å². The molecule has 114 valence electrons. The minimum atomic E-state index is -1.35. The largest absolute Gasteiger partial charge is 0.422 e. The molecule has 0 spiro atoms. The Balaban J connectivity index is 2.46. The monoisotopic (exact) mass is 290 g/mol. The fraction of sp³-hybridized carbons (Fsp3) is 0.529. The maximum absolute atomic E-state index is 12.6. The maximum atomic E-state index is 12.6. The average Bonchev–Trinajstić information content (AvgIpc) is 2.37. The fourth-order valence-electron chi connectivity index (χ4n) is 2.54. The second-order valence-electron chi connectivity index (χ2n) is 6.38. The number of hydrogen-bond donors (Lipinski definition) is 0. The molecule has 1 aliphatic rings. The molecule has 1 fully saturated rings. The van der Waals surface area contributed by atoms with Crippen molar-refractivity contribution < 1.29 is 19.1 Å². The quantitative estimate of drug-likeness (QED) is 0.631.